The largest absolute Gasteiger partial charge is 0.493 e. The third-order valence-corrected chi connectivity index (χ3v) is 3.88. The number of halogens is 2. The second kappa shape index (κ2) is 7.15. The highest BCUT2D eigenvalue weighted by molar-refractivity contribution is 6.32. The zero-order valence-electron chi connectivity index (χ0n) is 12.5. The second-order valence-electron chi connectivity index (χ2n) is 5.05. The summed E-state index contributed by atoms with van der Waals surface area (Å²) in [7, 11) is 1.45. The van der Waals surface area contributed by atoms with Crippen LogP contribution in [0.4, 0.5) is 4.39 Å². The lowest BCUT2D eigenvalue weighted by Gasteiger charge is -2.23. The molecular formula is C15H19ClFNO4. The first-order valence-corrected chi connectivity index (χ1v) is 7.45. The van der Waals surface area contributed by atoms with Crippen LogP contribution in [0.25, 0.3) is 0 Å². The minimum Gasteiger partial charge on any atom is -0.493 e. The third kappa shape index (κ3) is 3.28. The Labute approximate surface area is 133 Å². The number of aliphatic hydroxyl groups is 1. The van der Waals surface area contributed by atoms with Crippen LogP contribution in [0, 0.1) is 0 Å². The summed E-state index contributed by atoms with van der Waals surface area (Å²) in [5.41, 5.74) is 0.276. The molecular weight excluding hydrogens is 313 g/mol. The van der Waals surface area contributed by atoms with E-state index in [0.717, 1.165) is 0 Å². The van der Waals surface area contributed by atoms with E-state index in [1.165, 1.54) is 24.1 Å². The number of amides is 1. The number of hydrogen-bond donors (Lipinski definition) is 1. The van der Waals surface area contributed by atoms with Gasteiger partial charge in [0.15, 0.2) is 11.5 Å². The Morgan fingerprint density at radius 3 is 2.86 bits per heavy atom. The average molecular weight is 332 g/mol. The van der Waals surface area contributed by atoms with Gasteiger partial charge in [-0.25, -0.2) is 4.39 Å². The van der Waals surface area contributed by atoms with Gasteiger partial charge in [-0.2, -0.15) is 0 Å². The molecule has 5 nitrogen and oxygen atoms in total. The highest BCUT2D eigenvalue weighted by atomic mass is 35.5. The van der Waals surface area contributed by atoms with Crippen LogP contribution in [-0.4, -0.2) is 55.0 Å². The SMILES string of the molecule is CCOc1c(Cl)cc(C(=O)N2C[C@@H](F)C[C@H]2CO)cc1OC. The molecule has 0 unspecified atom stereocenters. The maximum Gasteiger partial charge on any atom is 0.254 e. The van der Waals surface area contributed by atoms with Crippen molar-refractivity contribution in [1.82, 2.24) is 4.90 Å². The van der Waals surface area contributed by atoms with E-state index in [4.69, 9.17) is 21.1 Å². The van der Waals surface area contributed by atoms with Gasteiger partial charge >= 0.3 is 0 Å². The summed E-state index contributed by atoms with van der Waals surface area (Å²) in [5, 5.41) is 9.54. The van der Waals surface area contributed by atoms with Crippen LogP contribution < -0.4 is 9.47 Å². The number of ether oxygens (including phenoxy) is 2. The van der Waals surface area contributed by atoms with Gasteiger partial charge in [0.05, 0.1) is 37.9 Å². The van der Waals surface area contributed by atoms with Gasteiger partial charge in [0.1, 0.15) is 6.17 Å². The summed E-state index contributed by atoms with van der Waals surface area (Å²) in [6.45, 7) is 1.92. The summed E-state index contributed by atoms with van der Waals surface area (Å²) in [5.74, 6) is 0.323. The average Bonchev–Trinajstić information content (AvgIpc) is 2.89. The molecule has 1 N–H and O–H groups in total. The Kier molecular flexibility index (Phi) is 5.47. The van der Waals surface area contributed by atoms with E-state index in [1.807, 2.05) is 6.92 Å². The quantitative estimate of drug-likeness (QED) is 0.899. The van der Waals surface area contributed by atoms with Crippen molar-refractivity contribution in [3.05, 3.63) is 22.7 Å². The maximum absolute atomic E-state index is 13.5. The van der Waals surface area contributed by atoms with E-state index < -0.39 is 12.2 Å². The Bertz CT molecular complexity index is 555. The van der Waals surface area contributed by atoms with E-state index in [-0.39, 0.29) is 36.1 Å². The van der Waals surface area contributed by atoms with Gasteiger partial charge in [-0.15, -0.1) is 0 Å². The van der Waals surface area contributed by atoms with E-state index in [9.17, 15) is 14.3 Å². The predicted molar refractivity (Wildman–Crippen MR) is 80.6 cm³/mol. The van der Waals surface area contributed by atoms with Crippen molar-refractivity contribution in [2.75, 3.05) is 26.9 Å². The topological polar surface area (TPSA) is 59.0 Å². The fraction of sp³-hybridized carbons (Fsp3) is 0.533. The molecule has 1 amide bonds. The Balaban J connectivity index is 2.32. The van der Waals surface area contributed by atoms with Crippen molar-refractivity contribution in [2.45, 2.75) is 25.6 Å². The molecule has 7 heteroatoms. The number of carbonyl (C=O) groups is 1. The van der Waals surface area contributed by atoms with Crippen molar-refractivity contribution < 1.29 is 23.8 Å². The Morgan fingerprint density at radius 2 is 2.27 bits per heavy atom. The van der Waals surface area contributed by atoms with Gasteiger partial charge in [0.25, 0.3) is 5.91 Å². The van der Waals surface area contributed by atoms with Gasteiger partial charge in [0, 0.05) is 12.0 Å². The number of methoxy groups -OCH3 is 1. The lowest BCUT2D eigenvalue weighted by atomic mass is 10.1. The first-order valence-electron chi connectivity index (χ1n) is 7.08. The molecule has 2 rings (SSSR count). The lowest BCUT2D eigenvalue weighted by Crippen LogP contribution is -2.37. The molecule has 0 saturated carbocycles. The molecule has 2 atom stereocenters. The molecule has 1 saturated heterocycles. The molecule has 1 aromatic rings. The van der Waals surface area contributed by atoms with E-state index in [0.29, 0.717) is 18.1 Å². The van der Waals surface area contributed by atoms with Gasteiger partial charge in [-0.3, -0.25) is 4.79 Å². The zero-order chi connectivity index (χ0) is 16.3. The van der Waals surface area contributed by atoms with E-state index >= 15 is 0 Å². The Morgan fingerprint density at radius 1 is 1.55 bits per heavy atom. The van der Waals surface area contributed by atoms with Crippen LogP contribution in [-0.2, 0) is 0 Å². The number of nitrogens with zero attached hydrogens (tertiary/aromatic N) is 1. The van der Waals surface area contributed by atoms with E-state index in [2.05, 4.69) is 0 Å². The first kappa shape index (κ1) is 16.8. The first-order chi connectivity index (χ1) is 10.5. The van der Waals surface area contributed by atoms with Gasteiger partial charge in [-0.1, -0.05) is 11.6 Å². The highest BCUT2D eigenvalue weighted by Crippen LogP contribution is 2.37. The molecule has 1 fully saturated rings. The number of aliphatic hydroxyl groups excluding tert-OH is 1. The molecule has 1 aromatic carbocycles. The summed E-state index contributed by atoms with van der Waals surface area (Å²) >= 11 is 6.14. The minimum atomic E-state index is -1.12. The molecule has 22 heavy (non-hydrogen) atoms. The summed E-state index contributed by atoms with van der Waals surface area (Å²) in [6.07, 6.45) is -0.981. The minimum absolute atomic E-state index is 0.0305. The van der Waals surface area contributed by atoms with Crippen molar-refractivity contribution in [1.29, 1.82) is 0 Å². The summed E-state index contributed by atoms with van der Waals surface area (Å²) in [6, 6.07) is 2.47. The van der Waals surface area contributed by atoms with Crippen molar-refractivity contribution in [3.63, 3.8) is 0 Å². The maximum atomic E-state index is 13.5. The fourth-order valence-corrected chi connectivity index (χ4v) is 2.84. The molecule has 1 aliphatic rings. The summed E-state index contributed by atoms with van der Waals surface area (Å²) in [4.78, 5) is 13.9. The number of benzene rings is 1. The molecule has 0 aromatic heterocycles. The second-order valence-corrected chi connectivity index (χ2v) is 5.46. The van der Waals surface area contributed by atoms with Crippen LogP contribution in [0.3, 0.4) is 0 Å². The number of likely N-dealkylation sites (tertiary alicyclic amines) is 1. The third-order valence-electron chi connectivity index (χ3n) is 3.60. The molecule has 122 valence electrons. The summed E-state index contributed by atoms with van der Waals surface area (Å²) < 4.78 is 24.1. The van der Waals surface area contributed by atoms with Crippen LogP contribution >= 0.6 is 11.6 Å². The highest BCUT2D eigenvalue weighted by Gasteiger charge is 2.35. The number of rotatable bonds is 5. The van der Waals surface area contributed by atoms with Crippen LogP contribution in [0.15, 0.2) is 12.1 Å². The number of carbonyl (C=O) groups excluding carboxylic acids is 1. The molecule has 0 aliphatic carbocycles. The molecule has 1 aliphatic heterocycles. The van der Waals surface area contributed by atoms with Gasteiger partial charge in [0.2, 0.25) is 0 Å². The predicted octanol–water partition coefficient (Wildman–Crippen LogP) is 2.29. The number of alkyl halides is 1. The van der Waals surface area contributed by atoms with Crippen LogP contribution in [0.2, 0.25) is 5.02 Å². The van der Waals surface area contributed by atoms with Gasteiger partial charge < -0.3 is 19.5 Å². The molecule has 0 bridgehead atoms. The monoisotopic (exact) mass is 331 g/mol. The van der Waals surface area contributed by atoms with Crippen molar-refractivity contribution in [2.24, 2.45) is 0 Å². The molecule has 0 spiro atoms. The standard InChI is InChI=1S/C15H19ClFNO4/c1-3-22-14-12(16)4-9(5-13(14)21-2)15(20)18-7-10(17)6-11(18)8-19/h4-5,10-11,19H,3,6-8H2,1-2H3/t10-,11-/m0/s1. The number of hydrogen-bond acceptors (Lipinski definition) is 4. The van der Waals surface area contributed by atoms with Gasteiger partial charge in [-0.05, 0) is 19.1 Å². The lowest BCUT2D eigenvalue weighted by molar-refractivity contribution is 0.0672. The Hall–Kier alpha value is -1.53. The normalized spacial score (nSPS) is 21.0. The van der Waals surface area contributed by atoms with Crippen molar-refractivity contribution >= 4 is 17.5 Å². The van der Waals surface area contributed by atoms with E-state index in [1.54, 1.807) is 0 Å². The van der Waals surface area contributed by atoms with Crippen LogP contribution in [0.1, 0.15) is 23.7 Å². The van der Waals surface area contributed by atoms with Crippen LogP contribution in [0.5, 0.6) is 11.5 Å². The smallest absolute Gasteiger partial charge is 0.254 e. The van der Waals surface area contributed by atoms with Crippen molar-refractivity contribution in [3.8, 4) is 11.5 Å². The molecule has 1 heterocycles. The zero-order valence-corrected chi connectivity index (χ0v) is 13.3. The fourth-order valence-electron chi connectivity index (χ4n) is 2.57. The molecule has 0 radical (unpaired) electrons.